The van der Waals surface area contributed by atoms with E-state index in [0.717, 1.165) is 18.4 Å². The molecule has 1 fully saturated rings. The Bertz CT molecular complexity index is 565. The Kier molecular flexibility index (Phi) is 6.47. The summed E-state index contributed by atoms with van der Waals surface area (Å²) in [6.45, 7) is 3.21. The first kappa shape index (κ1) is 17.9. The molecule has 7 heteroatoms. The number of benzene rings is 1. The molecule has 4 nitrogen and oxygen atoms in total. The maximum atomic E-state index is 12.8. The molecule has 0 spiro atoms. The normalized spacial score (nSPS) is 19.9. The number of hydrogen-bond acceptors (Lipinski definition) is 3. The molecule has 1 atom stereocenters. The minimum Gasteiger partial charge on any atom is -0.318 e. The number of halogens is 2. The van der Waals surface area contributed by atoms with Gasteiger partial charge in [-0.3, -0.25) is 0 Å². The number of nitrogens with one attached hydrogen (secondary N) is 1. The van der Waals surface area contributed by atoms with Gasteiger partial charge in [-0.05, 0) is 60.4 Å². The second-order valence-corrected chi connectivity index (χ2v) is 7.62. The molecule has 1 heterocycles. The van der Waals surface area contributed by atoms with Crippen molar-refractivity contribution in [3.05, 3.63) is 28.2 Å². The quantitative estimate of drug-likeness (QED) is 0.869. The first-order valence-electron chi connectivity index (χ1n) is 6.39. The largest absolute Gasteiger partial charge is 0.318 e. The molecule has 20 heavy (non-hydrogen) atoms. The zero-order chi connectivity index (χ0) is 14.0. The van der Waals surface area contributed by atoms with Crippen molar-refractivity contribution in [2.24, 2.45) is 0 Å². The van der Waals surface area contributed by atoms with Crippen LogP contribution in [-0.4, -0.2) is 38.9 Å². The molecular formula is C13H20BrClN2O2S. The van der Waals surface area contributed by atoms with E-state index >= 15 is 0 Å². The van der Waals surface area contributed by atoms with E-state index < -0.39 is 10.0 Å². The molecule has 2 rings (SSSR count). The van der Waals surface area contributed by atoms with Gasteiger partial charge in [-0.25, -0.2) is 8.42 Å². The summed E-state index contributed by atoms with van der Waals surface area (Å²) in [6.07, 6.45) is 1.85. The number of sulfonamides is 1. The van der Waals surface area contributed by atoms with Crippen LogP contribution in [0.25, 0.3) is 0 Å². The van der Waals surface area contributed by atoms with E-state index in [4.69, 9.17) is 0 Å². The van der Waals surface area contributed by atoms with Crippen molar-refractivity contribution in [3.63, 3.8) is 0 Å². The lowest BCUT2D eigenvalue weighted by molar-refractivity contribution is 0.379. The minimum absolute atomic E-state index is 0. The Morgan fingerprint density at radius 2 is 2.15 bits per heavy atom. The van der Waals surface area contributed by atoms with Crippen LogP contribution in [0.4, 0.5) is 0 Å². The van der Waals surface area contributed by atoms with E-state index in [1.807, 2.05) is 20.0 Å². The molecule has 114 valence electrons. The second kappa shape index (κ2) is 7.22. The predicted octanol–water partition coefficient (Wildman–Crippen LogP) is 2.55. The fourth-order valence-electron chi connectivity index (χ4n) is 2.50. The molecule has 0 saturated carbocycles. The highest BCUT2D eigenvalue weighted by molar-refractivity contribution is 9.10. The summed E-state index contributed by atoms with van der Waals surface area (Å²) < 4.78 is 27.8. The van der Waals surface area contributed by atoms with Crippen LogP contribution in [0.2, 0.25) is 0 Å². The van der Waals surface area contributed by atoms with Crippen LogP contribution in [0.1, 0.15) is 18.4 Å². The number of hydrogen-bond donors (Lipinski definition) is 1. The van der Waals surface area contributed by atoms with Gasteiger partial charge in [0, 0.05) is 23.6 Å². The van der Waals surface area contributed by atoms with Gasteiger partial charge in [-0.2, -0.15) is 4.31 Å². The van der Waals surface area contributed by atoms with Crippen molar-refractivity contribution < 1.29 is 8.42 Å². The Labute approximate surface area is 135 Å². The smallest absolute Gasteiger partial charge is 0.244 e. The lowest BCUT2D eigenvalue weighted by atomic mass is 10.2. The summed E-state index contributed by atoms with van der Waals surface area (Å²) in [4.78, 5) is 0.371. The molecule has 1 unspecified atom stereocenters. The van der Waals surface area contributed by atoms with E-state index in [1.54, 1.807) is 16.4 Å². The van der Waals surface area contributed by atoms with E-state index in [1.165, 1.54) is 0 Å². The topological polar surface area (TPSA) is 49.4 Å². The van der Waals surface area contributed by atoms with Gasteiger partial charge in [0.15, 0.2) is 0 Å². The molecule has 1 N–H and O–H groups in total. The van der Waals surface area contributed by atoms with Crippen molar-refractivity contribution in [1.82, 2.24) is 9.62 Å². The molecule has 1 saturated heterocycles. The molecule has 1 aromatic rings. The molecular weight excluding hydrogens is 364 g/mol. The summed E-state index contributed by atoms with van der Waals surface area (Å²) in [7, 11) is -1.56. The number of aryl methyl sites for hydroxylation is 1. The third-order valence-corrected chi connectivity index (χ3v) is 6.38. The molecule has 0 aliphatic carbocycles. The summed E-state index contributed by atoms with van der Waals surface area (Å²) in [5.74, 6) is 0. The van der Waals surface area contributed by atoms with Crippen LogP contribution in [0.3, 0.4) is 0 Å². The maximum Gasteiger partial charge on any atom is 0.244 e. The third kappa shape index (κ3) is 3.54. The predicted molar refractivity (Wildman–Crippen MR) is 87.0 cm³/mol. The maximum absolute atomic E-state index is 12.8. The van der Waals surface area contributed by atoms with Crippen LogP contribution in [0.15, 0.2) is 27.6 Å². The Balaban J connectivity index is 0.00000200. The van der Waals surface area contributed by atoms with Gasteiger partial charge in [0.2, 0.25) is 10.0 Å². The van der Waals surface area contributed by atoms with Crippen LogP contribution < -0.4 is 5.32 Å². The van der Waals surface area contributed by atoms with Crippen LogP contribution in [0.5, 0.6) is 0 Å². The standard InChI is InChI=1S/C13H19BrN2O2S.ClH/c1-10-5-6-12(14)13(8-10)19(17,18)16-7-3-4-11(16)9-15-2;/h5-6,8,11,15H,3-4,7,9H2,1-2H3;1H. The minimum atomic E-state index is -3.42. The lowest BCUT2D eigenvalue weighted by Crippen LogP contribution is -2.40. The monoisotopic (exact) mass is 382 g/mol. The molecule has 1 aliphatic rings. The van der Waals surface area contributed by atoms with Gasteiger partial charge in [0.05, 0.1) is 4.90 Å². The van der Waals surface area contributed by atoms with Gasteiger partial charge in [0.25, 0.3) is 0 Å². The van der Waals surface area contributed by atoms with Crippen LogP contribution in [0, 0.1) is 6.92 Å². The third-order valence-electron chi connectivity index (χ3n) is 3.44. The summed E-state index contributed by atoms with van der Waals surface area (Å²) in [6, 6.07) is 5.49. The van der Waals surface area contributed by atoms with Gasteiger partial charge in [-0.15, -0.1) is 12.4 Å². The van der Waals surface area contributed by atoms with Crippen molar-refractivity contribution in [2.45, 2.75) is 30.7 Å². The van der Waals surface area contributed by atoms with Gasteiger partial charge < -0.3 is 5.32 Å². The highest BCUT2D eigenvalue weighted by atomic mass is 79.9. The van der Waals surface area contributed by atoms with Crippen molar-refractivity contribution in [3.8, 4) is 0 Å². The van der Waals surface area contributed by atoms with Crippen molar-refractivity contribution >= 4 is 38.4 Å². The molecule has 0 amide bonds. The Hall–Kier alpha value is -0.140. The highest BCUT2D eigenvalue weighted by Crippen LogP contribution is 2.30. The highest BCUT2D eigenvalue weighted by Gasteiger charge is 2.35. The molecule has 1 aliphatic heterocycles. The van der Waals surface area contributed by atoms with Crippen molar-refractivity contribution in [2.75, 3.05) is 20.1 Å². The van der Waals surface area contributed by atoms with E-state index in [9.17, 15) is 8.42 Å². The Morgan fingerprint density at radius 3 is 2.80 bits per heavy atom. The second-order valence-electron chi connectivity index (χ2n) is 4.90. The molecule has 1 aromatic carbocycles. The van der Waals surface area contributed by atoms with Gasteiger partial charge >= 0.3 is 0 Å². The number of nitrogens with zero attached hydrogens (tertiary/aromatic N) is 1. The van der Waals surface area contributed by atoms with Gasteiger partial charge in [0.1, 0.15) is 0 Å². The summed E-state index contributed by atoms with van der Waals surface area (Å²) >= 11 is 3.35. The Morgan fingerprint density at radius 1 is 1.45 bits per heavy atom. The zero-order valence-corrected chi connectivity index (χ0v) is 14.8. The number of rotatable bonds is 4. The lowest BCUT2D eigenvalue weighted by Gasteiger charge is -2.24. The first-order valence-corrected chi connectivity index (χ1v) is 8.62. The number of likely N-dealkylation sites (N-methyl/N-ethyl adjacent to an activating group) is 1. The summed E-state index contributed by atoms with van der Waals surface area (Å²) in [5, 5.41) is 3.07. The van der Waals surface area contributed by atoms with E-state index in [2.05, 4.69) is 21.2 Å². The average Bonchev–Trinajstić information content (AvgIpc) is 2.81. The summed E-state index contributed by atoms with van der Waals surface area (Å²) in [5.41, 5.74) is 0.950. The zero-order valence-electron chi connectivity index (χ0n) is 11.6. The van der Waals surface area contributed by atoms with E-state index in [-0.39, 0.29) is 18.4 Å². The molecule has 0 radical (unpaired) electrons. The first-order chi connectivity index (χ1) is 8.96. The molecule has 0 bridgehead atoms. The van der Waals surface area contributed by atoms with E-state index in [0.29, 0.717) is 22.5 Å². The fraction of sp³-hybridized carbons (Fsp3) is 0.538. The molecule has 0 aromatic heterocycles. The van der Waals surface area contributed by atoms with Crippen LogP contribution >= 0.6 is 28.3 Å². The fourth-order valence-corrected chi connectivity index (χ4v) is 5.20. The van der Waals surface area contributed by atoms with Crippen LogP contribution in [-0.2, 0) is 10.0 Å². The van der Waals surface area contributed by atoms with Gasteiger partial charge in [-0.1, -0.05) is 6.07 Å². The SMILES string of the molecule is CNCC1CCCN1S(=O)(=O)c1cc(C)ccc1Br.Cl. The van der Waals surface area contributed by atoms with Crippen molar-refractivity contribution in [1.29, 1.82) is 0 Å². The average molecular weight is 384 g/mol.